The molecular formula is C22H22N4O6. The molecule has 1 aliphatic heterocycles. The van der Waals surface area contributed by atoms with Crippen molar-refractivity contribution in [3.8, 4) is 0 Å². The van der Waals surface area contributed by atoms with E-state index in [4.69, 9.17) is 4.74 Å². The maximum Gasteiger partial charge on any atom is 0.339 e. The van der Waals surface area contributed by atoms with Gasteiger partial charge in [0.05, 0.1) is 40.2 Å². The third-order valence-electron chi connectivity index (χ3n) is 5.04. The first-order chi connectivity index (χ1) is 15.2. The smallest absolute Gasteiger partial charge is 0.339 e. The van der Waals surface area contributed by atoms with Crippen LogP contribution in [0.3, 0.4) is 0 Å². The van der Waals surface area contributed by atoms with Gasteiger partial charge in [-0.05, 0) is 45.9 Å². The van der Waals surface area contributed by atoms with Crippen LogP contribution < -0.4 is 10.9 Å². The quantitative estimate of drug-likeness (QED) is 0.408. The van der Waals surface area contributed by atoms with E-state index in [1.807, 2.05) is 0 Å². The van der Waals surface area contributed by atoms with Crippen LogP contribution in [-0.4, -0.2) is 52.1 Å². The molecule has 1 aromatic carbocycles. The highest BCUT2D eigenvalue weighted by Crippen LogP contribution is 2.24. The summed E-state index contributed by atoms with van der Waals surface area (Å²) in [5.74, 6) is -3.27. The summed E-state index contributed by atoms with van der Waals surface area (Å²) in [4.78, 5) is 67.3. The lowest BCUT2D eigenvalue weighted by atomic mass is 10.1. The average molecular weight is 438 g/mol. The topological polar surface area (TPSA) is 135 Å². The minimum absolute atomic E-state index is 0.0623. The van der Waals surface area contributed by atoms with Gasteiger partial charge in [0.1, 0.15) is 6.04 Å². The Labute approximate surface area is 183 Å². The van der Waals surface area contributed by atoms with Crippen molar-refractivity contribution in [3.63, 3.8) is 0 Å². The number of esters is 1. The van der Waals surface area contributed by atoms with Crippen LogP contribution in [0.4, 0.5) is 0 Å². The minimum atomic E-state index is -1.17. The second-order valence-electron chi connectivity index (χ2n) is 7.12. The normalized spacial score (nSPS) is 13.4. The number of imide groups is 1. The number of ether oxygens (including phenoxy) is 1. The maximum atomic E-state index is 12.6. The second kappa shape index (κ2) is 8.96. The van der Waals surface area contributed by atoms with Crippen molar-refractivity contribution < 1.29 is 28.7 Å². The highest BCUT2D eigenvalue weighted by Gasteiger charge is 2.40. The fraction of sp³-hybridized carbons (Fsp3) is 0.273. The molecule has 2 aromatic rings. The highest BCUT2D eigenvalue weighted by molar-refractivity contribution is 6.22. The SMILES string of the molecule is CCOC(=O)c1cc(C(=O)NNC(=O)C(C)N2C(=O)c3ccccc3C2=O)c(C)nc1C. The van der Waals surface area contributed by atoms with Crippen LogP contribution in [0.1, 0.15) is 66.7 Å². The van der Waals surface area contributed by atoms with Crippen molar-refractivity contribution in [2.24, 2.45) is 0 Å². The molecule has 4 amide bonds. The zero-order valence-corrected chi connectivity index (χ0v) is 18.0. The Balaban J connectivity index is 1.71. The van der Waals surface area contributed by atoms with E-state index in [1.54, 1.807) is 32.9 Å². The molecule has 10 nitrogen and oxygen atoms in total. The first-order valence-corrected chi connectivity index (χ1v) is 9.89. The van der Waals surface area contributed by atoms with Gasteiger partial charge in [0.15, 0.2) is 0 Å². The summed E-state index contributed by atoms with van der Waals surface area (Å²) in [7, 11) is 0. The lowest BCUT2D eigenvalue weighted by Crippen LogP contribution is -2.52. The number of hydrogen-bond donors (Lipinski definition) is 2. The van der Waals surface area contributed by atoms with Crippen LogP contribution in [0, 0.1) is 13.8 Å². The van der Waals surface area contributed by atoms with Gasteiger partial charge in [0.25, 0.3) is 23.6 Å². The van der Waals surface area contributed by atoms with Gasteiger partial charge >= 0.3 is 5.97 Å². The molecule has 2 heterocycles. The van der Waals surface area contributed by atoms with Crippen molar-refractivity contribution in [3.05, 3.63) is 64.0 Å². The van der Waals surface area contributed by atoms with Gasteiger partial charge in [-0.25, -0.2) is 4.79 Å². The molecule has 10 heteroatoms. The minimum Gasteiger partial charge on any atom is -0.462 e. The Kier molecular flexibility index (Phi) is 6.33. The first-order valence-electron chi connectivity index (χ1n) is 9.89. The number of pyridine rings is 1. The molecule has 0 saturated heterocycles. The zero-order chi connectivity index (χ0) is 23.6. The number of benzene rings is 1. The van der Waals surface area contributed by atoms with Crippen molar-refractivity contribution in [2.45, 2.75) is 33.7 Å². The van der Waals surface area contributed by atoms with Gasteiger partial charge in [-0.2, -0.15) is 0 Å². The molecule has 0 fully saturated rings. The third kappa shape index (κ3) is 4.07. The number of amides is 4. The third-order valence-corrected chi connectivity index (χ3v) is 5.04. The van der Waals surface area contributed by atoms with Gasteiger partial charge in [-0.15, -0.1) is 0 Å². The maximum absolute atomic E-state index is 12.6. The number of carbonyl (C=O) groups is 5. The van der Waals surface area contributed by atoms with Crippen LogP contribution >= 0.6 is 0 Å². The summed E-state index contributed by atoms with van der Waals surface area (Å²) < 4.78 is 4.97. The van der Waals surface area contributed by atoms with Crippen LogP contribution in [0.2, 0.25) is 0 Å². The van der Waals surface area contributed by atoms with E-state index in [-0.39, 0.29) is 28.9 Å². The van der Waals surface area contributed by atoms with Crippen molar-refractivity contribution in [1.82, 2.24) is 20.7 Å². The number of hydrogen-bond acceptors (Lipinski definition) is 7. The molecule has 32 heavy (non-hydrogen) atoms. The number of rotatable bonds is 5. The van der Waals surface area contributed by atoms with Crippen LogP contribution in [0.25, 0.3) is 0 Å². The van der Waals surface area contributed by atoms with E-state index < -0.39 is 35.6 Å². The molecule has 1 unspecified atom stereocenters. The Bertz CT molecular complexity index is 1110. The average Bonchev–Trinajstić information content (AvgIpc) is 3.01. The Morgan fingerprint density at radius 3 is 2.12 bits per heavy atom. The summed E-state index contributed by atoms with van der Waals surface area (Å²) in [6.07, 6.45) is 0. The predicted molar refractivity (Wildman–Crippen MR) is 112 cm³/mol. The summed E-state index contributed by atoms with van der Waals surface area (Å²) in [6, 6.07) is 6.44. The van der Waals surface area contributed by atoms with Crippen LogP contribution in [-0.2, 0) is 9.53 Å². The molecule has 0 radical (unpaired) electrons. The van der Waals surface area contributed by atoms with Crippen LogP contribution in [0.15, 0.2) is 30.3 Å². The van der Waals surface area contributed by atoms with Gasteiger partial charge in [0.2, 0.25) is 0 Å². The summed E-state index contributed by atoms with van der Waals surface area (Å²) in [5.41, 5.74) is 5.82. The zero-order valence-electron chi connectivity index (χ0n) is 18.0. The first kappa shape index (κ1) is 22.6. The number of aryl methyl sites for hydroxylation is 2. The van der Waals surface area contributed by atoms with E-state index in [0.717, 1.165) is 4.90 Å². The highest BCUT2D eigenvalue weighted by atomic mass is 16.5. The molecule has 1 aliphatic rings. The van der Waals surface area contributed by atoms with E-state index >= 15 is 0 Å². The Morgan fingerprint density at radius 1 is 1.00 bits per heavy atom. The van der Waals surface area contributed by atoms with Crippen molar-refractivity contribution >= 4 is 29.6 Å². The number of nitrogens with zero attached hydrogens (tertiary/aromatic N) is 2. The number of hydrazine groups is 1. The molecule has 1 atom stereocenters. The fourth-order valence-corrected chi connectivity index (χ4v) is 3.34. The lowest BCUT2D eigenvalue weighted by Gasteiger charge is -2.22. The van der Waals surface area contributed by atoms with E-state index in [0.29, 0.717) is 11.4 Å². The van der Waals surface area contributed by atoms with Crippen molar-refractivity contribution in [2.75, 3.05) is 6.61 Å². The molecule has 0 bridgehead atoms. The van der Waals surface area contributed by atoms with Gasteiger partial charge in [0, 0.05) is 0 Å². The molecule has 0 aliphatic carbocycles. The monoisotopic (exact) mass is 438 g/mol. The molecule has 3 rings (SSSR count). The number of carbonyl (C=O) groups excluding carboxylic acids is 5. The molecular weight excluding hydrogens is 416 g/mol. The molecule has 2 N–H and O–H groups in total. The second-order valence-corrected chi connectivity index (χ2v) is 7.12. The molecule has 166 valence electrons. The van der Waals surface area contributed by atoms with Crippen LogP contribution in [0.5, 0.6) is 0 Å². The number of aromatic nitrogens is 1. The van der Waals surface area contributed by atoms with Gasteiger partial charge in [-0.1, -0.05) is 12.1 Å². The standard InChI is InChI=1S/C22H22N4O6/c1-5-32-22(31)17-10-16(11(2)23-12(17)3)19(28)25-24-18(27)13(4)26-20(29)14-8-6-7-9-15(14)21(26)30/h6-10,13H,5H2,1-4H3,(H,24,27)(H,25,28). The fourth-order valence-electron chi connectivity index (χ4n) is 3.34. The molecule has 1 aromatic heterocycles. The van der Waals surface area contributed by atoms with E-state index in [9.17, 15) is 24.0 Å². The number of nitrogens with one attached hydrogen (secondary N) is 2. The van der Waals surface area contributed by atoms with E-state index in [1.165, 1.54) is 25.1 Å². The van der Waals surface area contributed by atoms with Gasteiger partial charge < -0.3 is 4.74 Å². The summed E-state index contributed by atoms with van der Waals surface area (Å²) >= 11 is 0. The Morgan fingerprint density at radius 2 is 1.56 bits per heavy atom. The van der Waals surface area contributed by atoms with Gasteiger partial charge in [-0.3, -0.25) is 39.9 Å². The predicted octanol–water partition coefficient (Wildman–Crippen LogP) is 1.32. The molecule has 0 spiro atoms. The summed E-state index contributed by atoms with van der Waals surface area (Å²) in [6.45, 7) is 6.40. The largest absolute Gasteiger partial charge is 0.462 e. The summed E-state index contributed by atoms with van der Waals surface area (Å²) in [5, 5.41) is 0. The Hall–Kier alpha value is -4.08. The molecule has 0 saturated carbocycles. The van der Waals surface area contributed by atoms with Crippen molar-refractivity contribution in [1.29, 1.82) is 0 Å². The van der Waals surface area contributed by atoms with E-state index in [2.05, 4.69) is 15.8 Å². The lowest BCUT2D eigenvalue weighted by molar-refractivity contribution is -0.125. The number of fused-ring (bicyclic) bond motifs is 1.